The first-order valence-electron chi connectivity index (χ1n) is 4.73. The first kappa shape index (κ1) is 11.0. The molecular formula is C10H16O4. The minimum Gasteiger partial charge on any atom is -0.481 e. The average molecular weight is 200 g/mol. The second-order valence-corrected chi connectivity index (χ2v) is 4.45. The quantitative estimate of drug-likeness (QED) is 0.700. The molecule has 1 aliphatic rings. The lowest BCUT2D eigenvalue weighted by atomic mass is 9.59. The molecule has 0 saturated heterocycles. The van der Waals surface area contributed by atoms with Crippen LogP contribution in [-0.2, 0) is 14.3 Å². The summed E-state index contributed by atoms with van der Waals surface area (Å²) in [6.45, 7) is 5.26. The molecule has 80 valence electrons. The van der Waals surface area contributed by atoms with E-state index in [1.54, 1.807) is 0 Å². The lowest BCUT2D eigenvalue weighted by Crippen LogP contribution is -2.51. The van der Waals surface area contributed by atoms with Gasteiger partial charge in [-0.2, -0.15) is 0 Å². The molecule has 1 saturated carbocycles. The van der Waals surface area contributed by atoms with Crippen molar-refractivity contribution >= 4 is 11.9 Å². The van der Waals surface area contributed by atoms with Crippen molar-refractivity contribution in [3.8, 4) is 0 Å². The molecule has 0 aliphatic heterocycles. The van der Waals surface area contributed by atoms with Gasteiger partial charge in [0.05, 0.1) is 0 Å². The third-order valence-corrected chi connectivity index (χ3v) is 3.11. The van der Waals surface area contributed by atoms with Crippen LogP contribution in [0.15, 0.2) is 0 Å². The largest absolute Gasteiger partial charge is 0.481 e. The molecule has 1 fully saturated rings. The van der Waals surface area contributed by atoms with Crippen molar-refractivity contribution in [3.63, 3.8) is 0 Å². The molecule has 2 atom stereocenters. The molecule has 0 amide bonds. The van der Waals surface area contributed by atoms with E-state index in [0.29, 0.717) is 6.42 Å². The van der Waals surface area contributed by atoms with Crippen molar-refractivity contribution in [1.29, 1.82) is 0 Å². The summed E-state index contributed by atoms with van der Waals surface area (Å²) in [5, 5.41) is 8.64. The zero-order valence-corrected chi connectivity index (χ0v) is 8.74. The van der Waals surface area contributed by atoms with Gasteiger partial charge in [-0.15, -0.1) is 0 Å². The maximum atomic E-state index is 10.7. The molecule has 1 N–H and O–H groups in total. The molecule has 1 aliphatic carbocycles. The second kappa shape index (κ2) is 3.59. The van der Waals surface area contributed by atoms with Crippen LogP contribution in [0, 0.1) is 11.3 Å². The van der Waals surface area contributed by atoms with Gasteiger partial charge in [0, 0.05) is 18.8 Å². The molecule has 0 bridgehead atoms. The first-order valence-corrected chi connectivity index (χ1v) is 4.73. The van der Waals surface area contributed by atoms with Crippen molar-refractivity contribution in [2.45, 2.75) is 39.7 Å². The van der Waals surface area contributed by atoms with Gasteiger partial charge in [0.2, 0.25) is 0 Å². The normalized spacial score (nSPS) is 29.1. The molecule has 4 nitrogen and oxygen atoms in total. The fourth-order valence-corrected chi connectivity index (χ4v) is 1.93. The van der Waals surface area contributed by atoms with E-state index in [0.717, 1.165) is 0 Å². The van der Waals surface area contributed by atoms with Crippen LogP contribution in [0.5, 0.6) is 0 Å². The van der Waals surface area contributed by atoms with Crippen molar-refractivity contribution in [1.82, 2.24) is 0 Å². The van der Waals surface area contributed by atoms with E-state index >= 15 is 0 Å². The Kier molecular flexibility index (Phi) is 2.83. The van der Waals surface area contributed by atoms with E-state index in [9.17, 15) is 9.59 Å². The topological polar surface area (TPSA) is 63.6 Å². The maximum Gasteiger partial charge on any atom is 0.303 e. The summed E-state index contributed by atoms with van der Waals surface area (Å²) in [6.07, 6.45) is 0.702. The number of carbonyl (C=O) groups excluding carboxylic acids is 1. The Balaban J connectivity index is 2.50. The minimum atomic E-state index is -0.788. The molecular weight excluding hydrogens is 184 g/mol. The Bertz CT molecular complexity index is 233. The first-order chi connectivity index (χ1) is 6.34. The molecule has 0 radical (unpaired) electrons. The monoisotopic (exact) mass is 200 g/mol. The molecule has 0 heterocycles. The summed E-state index contributed by atoms with van der Waals surface area (Å²) in [7, 11) is 0. The van der Waals surface area contributed by atoms with Crippen molar-refractivity contribution in [2.24, 2.45) is 11.3 Å². The summed E-state index contributed by atoms with van der Waals surface area (Å²) >= 11 is 0. The number of carboxylic acid groups (broad SMARTS) is 1. The summed E-state index contributed by atoms with van der Waals surface area (Å²) in [5.74, 6) is -0.967. The van der Waals surface area contributed by atoms with Crippen LogP contribution in [0.25, 0.3) is 0 Å². The smallest absolute Gasteiger partial charge is 0.303 e. The lowest BCUT2D eigenvalue weighted by molar-refractivity contribution is -0.177. The number of carbonyl (C=O) groups is 2. The average Bonchev–Trinajstić information content (AvgIpc) is 2.01. The van der Waals surface area contributed by atoms with Gasteiger partial charge in [-0.05, 0) is 12.3 Å². The fraction of sp³-hybridized carbons (Fsp3) is 0.800. The van der Waals surface area contributed by atoms with E-state index in [2.05, 4.69) is 0 Å². The van der Waals surface area contributed by atoms with E-state index < -0.39 is 5.97 Å². The van der Waals surface area contributed by atoms with Crippen LogP contribution in [0.3, 0.4) is 0 Å². The van der Waals surface area contributed by atoms with Gasteiger partial charge >= 0.3 is 11.9 Å². The Morgan fingerprint density at radius 3 is 2.43 bits per heavy atom. The second-order valence-electron chi connectivity index (χ2n) is 4.45. The van der Waals surface area contributed by atoms with Gasteiger partial charge in [0.1, 0.15) is 6.10 Å². The highest BCUT2D eigenvalue weighted by molar-refractivity contribution is 5.68. The Morgan fingerprint density at radius 2 is 2.07 bits per heavy atom. The van der Waals surface area contributed by atoms with E-state index in [4.69, 9.17) is 9.84 Å². The summed E-state index contributed by atoms with van der Waals surface area (Å²) in [4.78, 5) is 21.2. The van der Waals surface area contributed by atoms with Gasteiger partial charge in [-0.3, -0.25) is 9.59 Å². The lowest BCUT2D eigenvalue weighted by Gasteiger charge is -2.50. The number of hydrogen-bond donors (Lipinski definition) is 1. The van der Waals surface area contributed by atoms with Gasteiger partial charge in [0.15, 0.2) is 0 Å². The molecule has 2 unspecified atom stereocenters. The number of hydrogen-bond acceptors (Lipinski definition) is 3. The van der Waals surface area contributed by atoms with Crippen LogP contribution in [0.2, 0.25) is 0 Å². The number of carboxylic acids is 1. The molecule has 0 aromatic heterocycles. The van der Waals surface area contributed by atoms with E-state index in [-0.39, 0.29) is 29.8 Å². The highest BCUT2D eigenvalue weighted by Gasteiger charge is 2.50. The molecule has 0 aromatic carbocycles. The Morgan fingerprint density at radius 1 is 1.50 bits per heavy atom. The molecule has 0 aromatic rings. The molecule has 0 spiro atoms. The summed E-state index contributed by atoms with van der Waals surface area (Å²) in [6, 6.07) is 0. The van der Waals surface area contributed by atoms with Crippen molar-refractivity contribution in [2.75, 3.05) is 0 Å². The molecule has 4 heteroatoms. The number of aliphatic carboxylic acids is 1. The van der Waals surface area contributed by atoms with Gasteiger partial charge in [0.25, 0.3) is 0 Å². The predicted octanol–water partition coefficient (Wildman–Crippen LogP) is 1.44. The number of ether oxygens (including phenoxy) is 1. The van der Waals surface area contributed by atoms with E-state index in [1.807, 2.05) is 13.8 Å². The number of rotatable bonds is 3. The third-order valence-electron chi connectivity index (χ3n) is 3.11. The minimum absolute atomic E-state index is 0.115. The van der Waals surface area contributed by atoms with E-state index in [1.165, 1.54) is 6.92 Å². The fourth-order valence-electron chi connectivity index (χ4n) is 1.93. The summed E-state index contributed by atoms with van der Waals surface area (Å²) < 4.78 is 5.08. The van der Waals surface area contributed by atoms with Crippen LogP contribution < -0.4 is 0 Å². The molecule has 14 heavy (non-hydrogen) atoms. The van der Waals surface area contributed by atoms with Gasteiger partial charge in [-0.25, -0.2) is 0 Å². The predicted molar refractivity (Wildman–Crippen MR) is 49.7 cm³/mol. The summed E-state index contributed by atoms with van der Waals surface area (Å²) in [5.41, 5.74) is -0.204. The van der Waals surface area contributed by atoms with Gasteiger partial charge in [-0.1, -0.05) is 13.8 Å². The Labute approximate surface area is 83.2 Å². The SMILES string of the molecule is CC(=O)OC1CC(CC(=O)O)C1(C)C. The van der Waals surface area contributed by atoms with Crippen LogP contribution in [0.1, 0.15) is 33.6 Å². The zero-order chi connectivity index (χ0) is 10.9. The maximum absolute atomic E-state index is 10.7. The third kappa shape index (κ3) is 2.05. The van der Waals surface area contributed by atoms with Gasteiger partial charge < -0.3 is 9.84 Å². The zero-order valence-electron chi connectivity index (χ0n) is 8.74. The highest BCUT2D eigenvalue weighted by atomic mass is 16.5. The van der Waals surface area contributed by atoms with Crippen molar-refractivity contribution in [3.05, 3.63) is 0 Å². The van der Waals surface area contributed by atoms with Crippen LogP contribution >= 0.6 is 0 Å². The number of esters is 1. The van der Waals surface area contributed by atoms with Crippen molar-refractivity contribution < 1.29 is 19.4 Å². The standard InChI is InChI=1S/C10H16O4/c1-6(11)14-8-4-7(5-9(12)13)10(8,2)3/h7-8H,4-5H2,1-3H3,(H,12,13). The Hall–Kier alpha value is -1.06. The molecule has 1 rings (SSSR count). The van der Waals surface area contributed by atoms with Crippen LogP contribution in [0.4, 0.5) is 0 Å². The highest BCUT2D eigenvalue weighted by Crippen LogP contribution is 2.49. The van der Waals surface area contributed by atoms with Crippen LogP contribution in [-0.4, -0.2) is 23.1 Å².